The largest absolute Gasteiger partial charge is 0.393 e. The number of nitrogens with one attached hydrogen (secondary N) is 1. The summed E-state index contributed by atoms with van der Waals surface area (Å²) in [5, 5.41) is 13.3. The maximum absolute atomic E-state index is 12.1. The molecule has 0 aromatic heterocycles. The molecule has 1 aliphatic rings. The molecular weight excluding hydrogens is 299 g/mol. The van der Waals surface area contributed by atoms with Gasteiger partial charge < -0.3 is 15.3 Å². The first-order chi connectivity index (χ1) is 9.49. The Morgan fingerprint density at radius 2 is 2.20 bits per heavy atom. The molecule has 1 aromatic carbocycles. The molecule has 2 amide bonds. The molecule has 6 heteroatoms. The third-order valence-corrected chi connectivity index (χ3v) is 4.49. The highest BCUT2D eigenvalue weighted by Crippen LogP contribution is 2.30. The summed E-state index contributed by atoms with van der Waals surface area (Å²) in [6.45, 7) is 0.533. The van der Waals surface area contributed by atoms with E-state index < -0.39 is 0 Å². The molecule has 0 aliphatic heterocycles. The van der Waals surface area contributed by atoms with Crippen LogP contribution in [0.3, 0.4) is 0 Å². The molecule has 110 valence electrons. The molecule has 0 saturated heterocycles. The molecule has 4 nitrogen and oxygen atoms in total. The average Bonchev–Trinajstić information content (AvgIpc) is 2.80. The Balaban J connectivity index is 1.95. The lowest BCUT2D eigenvalue weighted by atomic mass is 10.1. The molecule has 1 fully saturated rings. The summed E-state index contributed by atoms with van der Waals surface area (Å²) in [4.78, 5) is 13.7. The van der Waals surface area contributed by atoms with Gasteiger partial charge >= 0.3 is 6.03 Å². The highest BCUT2D eigenvalue weighted by molar-refractivity contribution is 6.43. The molecule has 2 unspecified atom stereocenters. The second-order valence-electron chi connectivity index (χ2n) is 5.17. The Kier molecular flexibility index (Phi) is 5.13. The van der Waals surface area contributed by atoms with Crippen molar-refractivity contribution in [3.8, 4) is 0 Å². The predicted molar refractivity (Wildman–Crippen MR) is 81.5 cm³/mol. The second kappa shape index (κ2) is 6.66. The molecule has 0 radical (unpaired) electrons. The van der Waals surface area contributed by atoms with Gasteiger partial charge in [0.15, 0.2) is 0 Å². The van der Waals surface area contributed by atoms with E-state index in [1.165, 1.54) is 0 Å². The number of amides is 2. The quantitative estimate of drug-likeness (QED) is 0.894. The van der Waals surface area contributed by atoms with E-state index in [1.54, 1.807) is 30.1 Å². The number of benzene rings is 1. The topological polar surface area (TPSA) is 52.6 Å². The van der Waals surface area contributed by atoms with Crippen LogP contribution >= 0.6 is 23.2 Å². The zero-order valence-electron chi connectivity index (χ0n) is 11.3. The van der Waals surface area contributed by atoms with Gasteiger partial charge in [-0.05, 0) is 25.0 Å². The van der Waals surface area contributed by atoms with Crippen LogP contribution in [0.4, 0.5) is 10.5 Å². The van der Waals surface area contributed by atoms with E-state index in [2.05, 4.69) is 5.32 Å². The van der Waals surface area contributed by atoms with Gasteiger partial charge in [-0.15, -0.1) is 0 Å². The average molecular weight is 317 g/mol. The minimum absolute atomic E-state index is 0.153. The fourth-order valence-electron chi connectivity index (χ4n) is 2.48. The lowest BCUT2D eigenvalue weighted by Gasteiger charge is -2.23. The smallest absolute Gasteiger partial charge is 0.321 e. The van der Waals surface area contributed by atoms with E-state index >= 15 is 0 Å². The van der Waals surface area contributed by atoms with Crippen LogP contribution in [0.25, 0.3) is 0 Å². The molecule has 1 aromatic rings. The van der Waals surface area contributed by atoms with Crippen molar-refractivity contribution in [1.29, 1.82) is 0 Å². The van der Waals surface area contributed by atoms with Crippen molar-refractivity contribution in [2.24, 2.45) is 5.92 Å². The Labute approximate surface area is 128 Å². The summed E-state index contributed by atoms with van der Waals surface area (Å²) >= 11 is 11.9. The standard InChI is InChI=1S/C14H18Cl2N2O2/c1-18(8-9-4-2-7-12(9)19)14(20)17-11-6-3-5-10(15)13(11)16/h3,5-6,9,12,19H,2,4,7-8H2,1H3,(H,17,20). The van der Waals surface area contributed by atoms with E-state index in [9.17, 15) is 9.90 Å². The zero-order valence-corrected chi connectivity index (χ0v) is 12.8. The number of urea groups is 1. The minimum Gasteiger partial charge on any atom is -0.393 e. The number of rotatable bonds is 3. The van der Waals surface area contributed by atoms with Crippen molar-refractivity contribution in [3.63, 3.8) is 0 Å². The number of anilines is 1. The van der Waals surface area contributed by atoms with Gasteiger partial charge in [0.25, 0.3) is 0 Å². The lowest BCUT2D eigenvalue weighted by Crippen LogP contribution is -2.37. The van der Waals surface area contributed by atoms with E-state index in [0.29, 0.717) is 22.3 Å². The van der Waals surface area contributed by atoms with Crippen LogP contribution in [0.15, 0.2) is 18.2 Å². The molecule has 2 rings (SSSR count). The molecule has 1 saturated carbocycles. The highest BCUT2D eigenvalue weighted by Gasteiger charge is 2.27. The normalized spacial score (nSPS) is 21.8. The summed E-state index contributed by atoms with van der Waals surface area (Å²) in [5.41, 5.74) is 0.489. The molecule has 0 heterocycles. The van der Waals surface area contributed by atoms with Gasteiger partial charge in [0.05, 0.1) is 21.8 Å². The van der Waals surface area contributed by atoms with E-state index in [4.69, 9.17) is 23.2 Å². The van der Waals surface area contributed by atoms with Crippen LogP contribution < -0.4 is 5.32 Å². The summed E-state index contributed by atoms with van der Waals surface area (Å²) in [7, 11) is 1.71. The third kappa shape index (κ3) is 3.57. The maximum atomic E-state index is 12.1. The minimum atomic E-state index is -0.306. The van der Waals surface area contributed by atoms with Crippen molar-refractivity contribution in [3.05, 3.63) is 28.2 Å². The van der Waals surface area contributed by atoms with Crippen LogP contribution in [-0.4, -0.2) is 35.7 Å². The number of aliphatic hydroxyl groups is 1. The van der Waals surface area contributed by atoms with Crippen molar-refractivity contribution in [2.75, 3.05) is 18.9 Å². The number of hydrogen-bond donors (Lipinski definition) is 2. The Bertz CT molecular complexity index is 496. The van der Waals surface area contributed by atoms with Gasteiger partial charge in [0.2, 0.25) is 0 Å². The second-order valence-corrected chi connectivity index (χ2v) is 5.96. The molecule has 2 atom stereocenters. The Hall–Kier alpha value is -0.970. The first-order valence-corrected chi connectivity index (χ1v) is 7.39. The van der Waals surface area contributed by atoms with E-state index in [-0.39, 0.29) is 18.1 Å². The summed E-state index contributed by atoms with van der Waals surface area (Å²) < 4.78 is 0. The van der Waals surface area contributed by atoms with Gasteiger partial charge in [-0.3, -0.25) is 0 Å². The van der Waals surface area contributed by atoms with Crippen LogP contribution in [0, 0.1) is 5.92 Å². The van der Waals surface area contributed by atoms with Gasteiger partial charge in [-0.1, -0.05) is 35.7 Å². The molecule has 2 N–H and O–H groups in total. The van der Waals surface area contributed by atoms with Gasteiger partial charge in [0.1, 0.15) is 0 Å². The molecule has 20 heavy (non-hydrogen) atoms. The van der Waals surface area contributed by atoms with Gasteiger partial charge in [-0.25, -0.2) is 4.79 Å². The van der Waals surface area contributed by atoms with Crippen LogP contribution in [0.2, 0.25) is 10.0 Å². The molecular formula is C14H18Cl2N2O2. The van der Waals surface area contributed by atoms with Gasteiger partial charge in [0, 0.05) is 19.5 Å². The first-order valence-electron chi connectivity index (χ1n) is 6.63. The summed E-state index contributed by atoms with van der Waals surface area (Å²) in [5.74, 6) is 0.153. The van der Waals surface area contributed by atoms with Crippen molar-refractivity contribution < 1.29 is 9.90 Å². The SMILES string of the molecule is CN(CC1CCCC1O)C(=O)Nc1cccc(Cl)c1Cl. The fraction of sp³-hybridized carbons (Fsp3) is 0.500. The lowest BCUT2D eigenvalue weighted by molar-refractivity contribution is 0.116. The van der Waals surface area contributed by atoms with Crippen molar-refractivity contribution in [2.45, 2.75) is 25.4 Å². The maximum Gasteiger partial charge on any atom is 0.321 e. The molecule has 1 aliphatic carbocycles. The number of hydrogen-bond acceptors (Lipinski definition) is 2. The Morgan fingerprint density at radius 3 is 2.85 bits per heavy atom. The van der Waals surface area contributed by atoms with Crippen LogP contribution in [-0.2, 0) is 0 Å². The van der Waals surface area contributed by atoms with E-state index in [0.717, 1.165) is 19.3 Å². The van der Waals surface area contributed by atoms with Crippen molar-refractivity contribution in [1.82, 2.24) is 4.90 Å². The summed E-state index contributed by atoms with van der Waals surface area (Å²) in [6, 6.07) is 4.83. The molecule has 0 spiro atoms. The van der Waals surface area contributed by atoms with Crippen molar-refractivity contribution >= 4 is 34.9 Å². The third-order valence-electron chi connectivity index (χ3n) is 3.67. The monoisotopic (exact) mass is 316 g/mol. The predicted octanol–water partition coefficient (Wildman–Crippen LogP) is 3.62. The number of halogens is 2. The fourth-order valence-corrected chi connectivity index (χ4v) is 2.82. The Morgan fingerprint density at radius 1 is 1.45 bits per heavy atom. The van der Waals surface area contributed by atoms with Crippen LogP contribution in [0.5, 0.6) is 0 Å². The van der Waals surface area contributed by atoms with Crippen LogP contribution in [0.1, 0.15) is 19.3 Å². The first kappa shape index (κ1) is 15.4. The number of carbonyl (C=O) groups excluding carboxylic acids is 1. The van der Waals surface area contributed by atoms with E-state index in [1.807, 2.05) is 0 Å². The summed E-state index contributed by atoms with van der Waals surface area (Å²) in [6.07, 6.45) is 2.48. The zero-order chi connectivity index (χ0) is 14.7. The molecule has 0 bridgehead atoms. The number of nitrogens with zero attached hydrogens (tertiary/aromatic N) is 1. The van der Waals surface area contributed by atoms with Gasteiger partial charge in [-0.2, -0.15) is 0 Å². The number of aliphatic hydroxyl groups excluding tert-OH is 1. The number of carbonyl (C=O) groups is 1. The highest BCUT2D eigenvalue weighted by atomic mass is 35.5.